The monoisotopic (exact) mass is 303 g/mol. The van der Waals surface area contributed by atoms with Gasteiger partial charge < -0.3 is 15.2 Å². The van der Waals surface area contributed by atoms with Crippen molar-refractivity contribution >= 4 is 11.8 Å². The molecular formula is C16H14FNO2S. The number of rotatable bonds is 4. The molecular weight excluding hydrogens is 289 g/mol. The molecule has 2 aromatic rings. The van der Waals surface area contributed by atoms with Gasteiger partial charge in [-0.1, -0.05) is 30.0 Å². The van der Waals surface area contributed by atoms with Crippen LogP contribution >= 0.6 is 11.8 Å². The first kappa shape index (κ1) is 14.0. The van der Waals surface area contributed by atoms with Crippen LogP contribution in [0.3, 0.4) is 0 Å². The molecule has 1 heterocycles. The van der Waals surface area contributed by atoms with Crippen LogP contribution in [0.1, 0.15) is 17.4 Å². The molecule has 1 aliphatic rings. The Labute approximate surface area is 126 Å². The SMILES string of the molecule is NCc1ccccc1Sc1ccc(F)cc1C1OC=CO1. The second-order valence-electron chi connectivity index (χ2n) is 4.47. The minimum atomic E-state index is -0.603. The van der Waals surface area contributed by atoms with Crippen LogP contribution in [-0.4, -0.2) is 0 Å². The van der Waals surface area contributed by atoms with Crippen LogP contribution < -0.4 is 5.73 Å². The van der Waals surface area contributed by atoms with Crippen molar-refractivity contribution in [2.45, 2.75) is 22.6 Å². The minimum absolute atomic E-state index is 0.319. The third kappa shape index (κ3) is 3.04. The Bertz CT molecular complexity index is 667. The van der Waals surface area contributed by atoms with Gasteiger partial charge in [-0.3, -0.25) is 0 Å². The summed E-state index contributed by atoms with van der Waals surface area (Å²) in [5.74, 6) is -0.319. The molecule has 21 heavy (non-hydrogen) atoms. The second kappa shape index (κ2) is 6.20. The van der Waals surface area contributed by atoms with E-state index >= 15 is 0 Å². The number of hydrogen-bond acceptors (Lipinski definition) is 4. The highest BCUT2D eigenvalue weighted by atomic mass is 32.2. The molecule has 2 aromatic carbocycles. The molecule has 0 spiro atoms. The summed E-state index contributed by atoms with van der Waals surface area (Å²) in [6, 6.07) is 12.5. The van der Waals surface area contributed by atoms with Crippen molar-refractivity contribution in [1.82, 2.24) is 0 Å². The Hall–Kier alpha value is -1.98. The van der Waals surface area contributed by atoms with Gasteiger partial charge >= 0.3 is 0 Å². The Morgan fingerprint density at radius 2 is 1.81 bits per heavy atom. The second-order valence-corrected chi connectivity index (χ2v) is 5.56. The average molecular weight is 303 g/mol. The molecule has 3 rings (SSSR count). The maximum Gasteiger partial charge on any atom is 0.267 e. The zero-order valence-corrected chi connectivity index (χ0v) is 12.0. The van der Waals surface area contributed by atoms with Crippen LogP contribution in [0, 0.1) is 5.82 Å². The number of hydrogen-bond donors (Lipinski definition) is 1. The van der Waals surface area contributed by atoms with E-state index in [1.165, 1.54) is 36.4 Å². The third-order valence-corrected chi connectivity index (χ3v) is 4.31. The third-order valence-electron chi connectivity index (χ3n) is 3.10. The summed E-state index contributed by atoms with van der Waals surface area (Å²) in [5.41, 5.74) is 7.47. The van der Waals surface area contributed by atoms with Gasteiger partial charge in [0.25, 0.3) is 6.29 Å². The van der Waals surface area contributed by atoms with Gasteiger partial charge in [0.2, 0.25) is 0 Å². The molecule has 0 aliphatic carbocycles. The molecule has 0 amide bonds. The molecule has 0 aromatic heterocycles. The van der Waals surface area contributed by atoms with Gasteiger partial charge in [0.05, 0.1) is 0 Å². The maximum atomic E-state index is 13.5. The molecule has 3 nitrogen and oxygen atoms in total. The molecule has 0 saturated heterocycles. The summed E-state index contributed by atoms with van der Waals surface area (Å²) >= 11 is 1.53. The molecule has 0 bridgehead atoms. The fourth-order valence-corrected chi connectivity index (χ4v) is 3.15. The van der Waals surface area contributed by atoms with E-state index in [9.17, 15) is 4.39 Å². The Balaban J connectivity index is 1.94. The molecule has 0 atom stereocenters. The van der Waals surface area contributed by atoms with Crippen LogP contribution in [-0.2, 0) is 16.0 Å². The largest absolute Gasteiger partial charge is 0.455 e. The van der Waals surface area contributed by atoms with Gasteiger partial charge in [-0.2, -0.15) is 0 Å². The van der Waals surface area contributed by atoms with E-state index in [0.29, 0.717) is 12.1 Å². The zero-order valence-electron chi connectivity index (χ0n) is 11.2. The number of nitrogens with two attached hydrogens (primary N) is 1. The van der Waals surface area contributed by atoms with E-state index in [4.69, 9.17) is 15.2 Å². The van der Waals surface area contributed by atoms with E-state index in [2.05, 4.69) is 0 Å². The van der Waals surface area contributed by atoms with Crippen molar-refractivity contribution in [3.8, 4) is 0 Å². The van der Waals surface area contributed by atoms with Crippen LogP contribution in [0.2, 0.25) is 0 Å². The smallest absolute Gasteiger partial charge is 0.267 e. The van der Waals surface area contributed by atoms with E-state index in [-0.39, 0.29) is 5.82 Å². The highest BCUT2D eigenvalue weighted by Gasteiger charge is 2.21. The molecule has 0 radical (unpaired) electrons. The first-order chi connectivity index (χ1) is 10.3. The number of benzene rings is 2. The van der Waals surface area contributed by atoms with Gasteiger partial charge in [0.15, 0.2) is 0 Å². The van der Waals surface area contributed by atoms with Crippen LogP contribution in [0.4, 0.5) is 4.39 Å². The molecule has 0 unspecified atom stereocenters. The summed E-state index contributed by atoms with van der Waals surface area (Å²) in [4.78, 5) is 1.92. The van der Waals surface area contributed by atoms with Gasteiger partial charge in [0, 0.05) is 21.9 Å². The predicted molar refractivity (Wildman–Crippen MR) is 78.9 cm³/mol. The van der Waals surface area contributed by atoms with Crippen molar-refractivity contribution in [3.05, 3.63) is 71.9 Å². The first-order valence-electron chi connectivity index (χ1n) is 6.49. The Morgan fingerprint density at radius 3 is 2.57 bits per heavy atom. The van der Waals surface area contributed by atoms with Gasteiger partial charge in [-0.15, -0.1) is 0 Å². The molecule has 2 N–H and O–H groups in total. The molecule has 0 fully saturated rings. The van der Waals surface area contributed by atoms with Crippen molar-refractivity contribution in [3.63, 3.8) is 0 Å². The first-order valence-corrected chi connectivity index (χ1v) is 7.31. The average Bonchev–Trinajstić information content (AvgIpc) is 3.04. The normalized spacial score (nSPS) is 14.0. The van der Waals surface area contributed by atoms with Crippen molar-refractivity contribution in [2.24, 2.45) is 5.73 Å². The zero-order chi connectivity index (χ0) is 14.7. The van der Waals surface area contributed by atoms with Crippen molar-refractivity contribution in [2.75, 3.05) is 0 Å². The fourth-order valence-electron chi connectivity index (χ4n) is 2.07. The molecule has 0 saturated carbocycles. The van der Waals surface area contributed by atoms with E-state index < -0.39 is 6.29 Å². The predicted octanol–water partition coefficient (Wildman–Crippen LogP) is 3.95. The highest BCUT2D eigenvalue weighted by molar-refractivity contribution is 7.99. The summed E-state index contributed by atoms with van der Waals surface area (Å²) in [5, 5.41) is 0. The maximum absolute atomic E-state index is 13.5. The molecule has 1 aliphatic heterocycles. The molecule has 5 heteroatoms. The summed E-state index contributed by atoms with van der Waals surface area (Å²) < 4.78 is 24.2. The summed E-state index contributed by atoms with van der Waals surface area (Å²) in [6.45, 7) is 0.456. The van der Waals surface area contributed by atoms with Crippen LogP contribution in [0.5, 0.6) is 0 Å². The standard InChI is InChI=1S/C16H14FNO2S/c17-12-5-6-15(13(9-12)16-19-7-8-20-16)21-14-4-2-1-3-11(14)10-18/h1-9,16H,10,18H2. The van der Waals surface area contributed by atoms with Crippen LogP contribution in [0.15, 0.2) is 64.8 Å². The topological polar surface area (TPSA) is 44.5 Å². The molecule has 108 valence electrons. The van der Waals surface area contributed by atoms with Gasteiger partial charge in [-0.05, 0) is 29.8 Å². The lowest BCUT2D eigenvalue weighted by molar-refractivity contribution is -0.0268. The fraction of sp³-hybridized carbons (Fsp3) is 0.125. The van der Waals surface area contributed by atoms with E-state index in [1.54, 1.807) is 6.07 Å². The van der Waals surface area contributed by atoms with Gasteiger partial charge in [0.1, 0.15) is 18.3 Å². The lowest BCUT2D eigenvalue weighted by atomic mass is 10.2. The quantitative estimate of drug-likeness (QED) is 0.929. The Morgan fingerprint density at radius 1 is 1.05 bits per heavy atom. The summed E-state index contributed by atoms with van der Waals surface area (Å²) in [6.07, 6.45) is 2.31. The lowest BCUT2D eigenvalue weighted by Crippen LogP contribution is -2.02. The lowest BCUT2D eigenvalue weighted by Gasteiger charge is -2.16. The van der Waals surface area contributed by atoms with Crippen LogP contribution in [0.25, 0.3) is 0 Å². The van der Waals surface area contributed by atoms with Crippen molar-refractivity contribution < 1.29 is 13.9 Å². The summed E-state index contributed by atoms with van der Waals surface area (Å²) in [7, 11) is 0. The minimum Gasteiger partial charge on any atom is -0.455 e. The number of halogens is 1. The van der Waals surface area contributed by atoms with E-state index in [0.717, 1.165) is 15.4 Å². The van der Waals surface area contributed by atoms with Gasteiger partial charge in [-0.25, -0.2) is 4.39 Å². The number of ether oxygens (including phenoxy) is 2. The van der Waals surface area contributed by atoms with Crippen molar-refractivity contribution in [1.29, 1.82) is 0 Å². The Kier molecular flexibility index (Phi) is 4.13. The highest BCUT2D eigenvalue weighted by Crippen LogP contribution is 2.38. The van der Waals surface area contributed by atoms with E-state index in [1.807, 2.05) is 24.3 Å².